The molecule has 2 unspecified atom stereocenters. The van der Waals surface area contributed by atoms with Crippen LogP contribution in [0.5, 0.6) is 11.8 Å². The van der Waals surface area contributed by atoms with E-state index in [9.17, 15) is 5.26 Å². The van der Waals surface area contributed by atoms with Crippen molar-refractivity contribution < 1.29 is 9.47 Å². The Labute approximate surface area is 269 Å². The number of nitriles is 1. The number of nitrogens with zero attached hydrogens (tertiary/aromatic N) is 9. The standard InChI is InChI=1S/C34H40N10O2/c1-3-46-33-28(14-35)32-27(13-24(21-44(32)40-33)41-10-7-34(8-11-41)6-9-36-22-34)29-16-38-30(17-37-29)42-19-25-12-26(20-42)43(25)18-23-4-5-31(45-2)39-15-23/h4-5,13,15-17,21,25-26,36H,3,6-12,18-20,22H2,1-2H3. The van der Waals surface area contributed by atoms with Crippen LogP contribution in [0.2, 0.25) is 0 Å². The van der Waals surface area contributed by atoms with Gasteiger partial charge in [0.1, 0.15) is 17.5 Å². The summed E-state index contributed by atoms with van der Waals surface area (Å²) in [5.41, 5.74) is 5.39. The summed E-state index contributed by atoms with van der Waals surface area (Å²) in [4.78, 5) is 21.6. The number of fused-ring (bicyclic) bond motifs is 3. The third-order valence-electron chi connectivity index (χ3n) is 10.5. The molecule has 12 heteroatoms. The molecule has 2 bridgehead atoms. The van der Waals surface area contributed by atoms with Crippen LogP contribution in [0.4, 0.5) is 11.5 Å². The summed E-state index contributed by atoms with van der Waals surface area (Å²) in [5.74, 6) is 1.87. The Morgan fingerprint density at radius 2 is 1.89 bits per heavy atom. The number of ether oxygens (including phenoxy) is 2. The molecule has 0 saturated carbocycles. The summed E-state index contributed by atoms with van der Waals surface area (Å²) in [6, 6.07) is 9.48. The fourth-order valence-corrected chi connectivity index (χ4v) is 7.90. The molecule has 12 nitrogen and oxygen atoms in total. The second-order valence-electron chi connectivity index (χ2n) is 13.1. The maximum absolute atomic E-state index is 10.2. The predicted molar refractivity (Wildman–Crippen MR) is 174 cm³/mol. The summed E-state index contributed by atoms with van der Waals surface area (Å²) in [7, 11) is 1.64. The van der Waals surface area contributed by atoms with Crippen molar-refractivity contribution in [2.24, 2.45) is 5.41 Å². The second kappa shape index (κ2) is 11.7. The molecular weight excluding hydrogens is 580 g/mol. The smallest absolute Gasteiger partial charge is 0.252 e. The van der Waals surface area contributed by atoms with E-state index in [2.05, 4.69) is 43.2 Å². The van der Waals surface area contributed by atoms with Gasteiger partial charge in [-0.25, -0.2) is 14.5 Å². The lowest BCUT2D eigenvalue weighted by Gasteiger charge is -2.56. The molecule has 0 radical (unpaired) electrons. The molecule has 0 aliphatic carbocycles. The van der Waals surface area contributed by atoms with Gasteiger partial charge in [-0.15, -0.1) is 5.10 Å². The molecule has 2 atom stereocenters. The molecule has 5 saturated heterocycles. The van der Waals surface area contributed by atoms with Crippen LogP contribution in [0.1, 0.15) is 43.7 Å². The Kier molecular flexibility index (Phi) is 7.38. The van der Waals surface area contributed by atoms with Crippen LogP contribution in [-0.2, 0) is 6.54 Å². The molecule has 1 spiro atoms. The third kappa shape index (κ3) is 5.08. The fourth-order valence-electron chi connectivity index (χ4n) is 7.90. The minimum absolute atomic E-state index is 0.352. The lowest BCUT2D eigenvalue weighted by atomic mass is 9.78. The van der Waals surface area contributed by atoms with Crippen molar-refractivity contribution in [1.82, 2.24) is 34.8 Å². The highest BCUT2D eigenvalue weighted by molar-refractivity contribution is 5.86. The van der Waals surface area contributed by atoms with Crippen molar-refractivity contribution in [1.29, 1.82) is 5.26 Å². The van der Waals surface area contributed by atoms with Crippen molar-refractivity contribution >= 4 is 17.0 Å². The Bertz CT molecular complexity index is 1740. The van der Waals surface area contributed by atoms with Crippen LogP contribution in [0.15, 0.2) is 43.0 Å². The zero-order valence-corrected chi connectivity index (χ0v) is 26.5. The van der Waals surface area contributed by atoms with Gasteiger partial charge in [-0.3, -0.25) is 9.88 Å². The van der Waals surface area contributed by atoms with Crippen LogP contribution in [-0.4, -0.2) is 94.5 Å². The van der Waals surface area contributed by atoms with Crippen LogP contribution in [0.3, 0.4) is 0 Å². The topological polar surface area (TPSA) is 120 Å². The van der Waals surface area contributed by atoms with E-state index in [-0.39, 0.29) is 0 Å². The number of piperidine rings is 2. The van der Waals surface area contributed by atoms with Crippen LogP contribution < -0.4 is 24.6 Å². The first-order chi connectivity index (χ1) is 22.6. The molecule has 5 aliphatic heterocycles. The summed E-state index contributed by atoms with van der Waals surface area (Å²) < 4.78 is 12.8. The molecule has 46 heavy (non-hydrogen) atoms. The van der Waals surface area contributed by atoms with Crippen molar-refractivity contribution in [3.63, 3.8) is 0 Å². The minimum Gasteiger partial charge on any atom is -0.481 e. The average molecular weight is 621 g/mol. The number of anilines is 2. The molecule has 5 aliphatic rings. The molecule has 9 heterocycles. The first-order valence-electron chi connectivity index (χ1n) is 16.4. The summed E-state index contributed by atoms with van der Waals surface area (Å²) in [5, 5.41) is 18.4. The van der Waals surface area contributed by atoms with E-state index >= 15 is 0 Å². The van der Waals surface area contributed by atoms with Gasteiger partial charge in [0.05, 0.1) is 49.2 Å². The van der Waals surface area contributed by atoms with Gasteiger partial charge in [-0.05, 0) is 56.2 Å². The van der Waals surface area contributed by atoms with E-state index in [0.717, 1.165) is 68.6 Å². The van der Waals surface area contributed by atoms with Gasteiger partial charge < -0.3 is 24.6 Å². The Hall–Kier alpha value is -4.47. The second-order valence-corrected chi connectivity index (χ2v) is 13.1. The van der Waals surface area contributed by atoms with E-state index in [0.29, 0.717) is 46.9 Å². The molecule has 1 N–H and O–H groups in total. The summed E-state index contributed by atoms with van der Waals surface area (Å²) >= 11 is 0. The lowest BCUT2D eigenvalue weighted by molar-refractivity contribution is -0.00879. The monoisotopic (exact) mass is 620 g/mol. The van der Waals surface area contributed by atoms with Crippen LogP contribution in [0.25, 0.3) is 16.8 Å². The van der Waals surface area contributed by atoms with Crippen molar-refractivity contribution in [3.8, 4) is 29.1 Å². The van der Waals surface area contributed by atoms with Gasteiger partial charge in [0.15, 0.2) is 0 Å². The molecule has 4 aromatic rings. The first kappa shape index (κ1) is 29.0. The SMILES string of the molecule is CCOc1nn2cc(N3CCC4(CCNC4)CC3)cc(-c3cnc(N4CC5CC(C4)N5Cc4ccc(OC)nc4)cn3)c2c1C#N. The highest BCUT2D eigenvalue weighted by Gasteiger charge is 2.45. The number of methoxy groups -OCH3 is 1. The number of nitrogens with one attached hydrogen (secondary N) is 1. The van der Waals surface area contributed by atoms with Gasteiger partial charge in [0.25, 0.3) is 5.88 Å². The molecule has 238 valence electrons. The van der Waals surface area contributed by atoms with E-state index in [1.165, 1.54) is 31.2 Å². The van der Waals surface area contributed by atoms with Gasteiger partial charge >= 0.3 is 0 Å². The summed E-state index contributed by atoms with van der Waals surface area (Å²) in [6.07, 6.45) is 12.5. The van der Waals surface area contributed by atoms with Crippen LogP contribution in [0, 0.1) is 16.7 Å². The molecule has 4 aromatic heterocycles. The van der Waals surface area contributed by atoms with Gasteiger partial charge in [0, 0.05) is 69.2 Å². The fraction of sp³-hybridized carbons (Fsp3) is 0.500. The molecule has 0 aromatic carbocycles. The highest BCUT2D eigenvalue weighted by atomic mass is 16.5. The number of rotatable bonds is 8. The zero-order chi connectivity index (χ0) is 31.3. The predicted octanol–water partition coefficient (Wildman–Crippen LogP) is 3.51. The molecule has 5 fully saturated rings. The number of piperazine rings is 1. The number of hydrogen-bond acceptors (Lipinski definition) is 11. The zero-order valence-electron chi connectivity index (χ0n) is 26.5. The van der Waals surface area contributed by atoms with Crippen molar-refractivity contribution in [3.05, 3.63) is 54.1 Å². The number of pyridine rings is 2. The quantitative estimate of drug-likeness (QED) is 0.312. The molecule has 0 amide bonds. The normalized spacial score (nSPS) is 22.2. The maximum atomic E-state index is 10.2. The summed E-state index contributed by atoms with van der Waals surface area (Å²) in [6.45, 7) is 9.28. The average Bonchev–Trinajstić information content (AvgIpc) is 3.71. The van der Waals surface area contributed by atoms with E-state index in [1.54, 1.807) is 11.6 Å². The van der Waals surface area contributed by atoms with Gasteiger partial charge in [-0.2, -0.15) is 5.26 Å². The molecular formula is C34H40N10O2. The minimum atomic E-state index is 0.352. The maximum Gasteiger partial charge on any atom is 0.252 e. The van der Waals surface area contributed by atoms with E-state index < -0.39 is 0 Å². The van der Waals surface area contributed by atoms with Crippen LogP contribution >= 0.6 is 0 Å². The first-order valence-corrected chi connectivity index (χ1v) is 16.4. The largest absolute Gasteiger partial charge is 0.481 e. The third-order valence-corrected chi connectivity index (χ3v) is 10.5. The lowest BCUT2D eigenvalue weighted by Crippen LogP contribution is -2.68. The van der Waals surface area contributed by atoms with E-state index in [4.69, 9.17) is 24.5 Å². The Balaban J connectivity index is 1.04. The van der Waals surface area contributed by atoms with Crippen molar-refractivity contribution in [2.45, 2.75) is 51.2 Å². The number of hydrogen-bond donors (Lipinski definition) is 1. The van der Waals surface area contributed by atoms with Crippen molar-refractivity contribution in [2.75, 3.05) is 62.8 Å². The molecule has 9 rings (SSSR count). The highest BCUT2D eigenvalue weighted by Crippen LogP contribution is 2.40. The number of aromatic nitrogens is 5. The van der Waals surface area contributed by atoms with Gasteiger partial charge in [-0.1, -0.05) is 6.07 Å². The van der Waals surface area contributed by atoms with E-state index in [1.807, 2.05) is 37.8 Å². The Morgan fingerprint density at radius 3 is 2.54 bits per heavy atom. The Morgan fingerprint density at radius 1 is 1.04 bits per heavy atom. The van der Waals surface area contributed by atoms with Gasteiger partial charge in [0.2, 0.25) is 5.88 Å².